The van der Waals surface area contributed by atoms with Crippen molar-refractivity contribution in [1.29, 1.82) is 0 Å². The molecule has 0 amide bonds. The molecule has 0 saturated carbocycles. The van der Waals surface area contributed by atoms with E-state index in [4.69, 9.17) is 17.3 Å². The van der Waals surface area contributed by atoms with E-state index in [1.165, 1.54) is 12.1 Å². The van der Waals surface area contributed by atoms with Crippen molar-refractivity contribution < 1.29 is 13.5 Å². The van der Waals surface area contributed by atoms with E-state index in [-0.39, 0.29) is 5.75 Å². The molecule has 100 valence electrons. The van der Waals surface area contributed by atoms with Crippen LogP contribution in [0.2, 0.25) is 5.02 Å². The lowest BCUT2D eigenvalue weighted by Gasteiger charge is -2.10. The van der Waals surface area contributed by atoms with Gasteiger partial charge in [-0.2, -0.15) is 8.78 Å². The summed E-state index contributed by atoms with van der Waals surface area (Å²) in [7, 11) is 0. The van der Waals surface area contributed by atoms with E-state index in [1.807, 2.05) is 0 Å². The summed E-state index contributed by atoms with van der Waals surface area (Å²) in [5.41, 5.74) is 7.53. The average molecular weight is 285 g/mol. The van der Waals surface area contributed by atoms with Crippen LogP contribution in [0.15, 0.2) is 42.5 Å². The van der Waals surface area contributed by atoms with Crippen molar-refractivity contribution >= 4 is 28.7 Å². The van der Waals surface area contributed by atoms with E-state index in [1.54, 1.807) is 30.3 Å². The van der Waals surface area contributed by atoms with Crippen molar-refractivity contribution in [1.82, 2.24) is 0 Å². The monoisotopic (exact) mass is 284 g/mol. The van der Waals surface area contributed by atoms with Crippen LogP contribution < -0.4 is 15.8 Å². The minimum Gasteiger partial charge on any atom is -0.435 e. The summed E-state index contributed by atoms with van der Waals surface area (Å²) in [4.78, 5) is 0. The van der Waals surface area contributed by atoms with Gasteiger partial charge in [-0.3, -0.25) is 0 Å². The maximum absolute atomic E-state index is 12.0. The lowest BCUT2D eigenvalue weighted by atomic mass is 10.2. The molecule has 0 saturated heterocycles. The predicted molar refractivity (Wildman–Crippen MR) is 72.2 cm³/mol. The van der Waals surface area contributed by atoms with E-state index in [9.17, 15) is 8.78 Å². The first-order valence-corrected chi connectivity index (χ1v) is 5.79. The lowest BCUT2D eigenvalue weighted by molar-refractivity contribution is -0.0498. The number of hydrogen-bond donors (Lipinski definition) is 2. The molecule has 3 N–H and O–H groups in total. The first-order chi connectivity index (χ1) is 9.04. The SMILES string of the molecule is Nc1ccc(Nc2ccc(OC(F)F)cc2)c(Cl)c1. The number of nitrogens with one attached hydrogen (secondary N) is 1. The molecule has 6 heteroatoms. The van der Waals surface area contributed by atoms with Crippen molar-refractivity contribution in [3.8, 4) is 5.75 Å². The number of hydrogen-bond acceptors (Lipinski definition) is 3. The molecule has 0 unspecified atom stereocenters. The Balaban J connectivity index is 2.10. The standard InChI is InChI=1S/C13H11ClF2N2O/c14-11-7-8(17)1-6-12(11)18-9-2-4-10(5-3-9)19-13(15)16/h1-7,13,18H,17H2. The highest BCUT2D eigenvalue weighted by Crippen LogP contribution is 2.28. The summed E-state index contributed by atoms with van der Waals surface area (Å²) < 4.78 is 28.2. The highest BCUT2D eigenvalue weighted by atomic mass is 35.5. The molecule has 2 aromatic carbocycles. The average Bonchev–Trinajstić information content (AvgIpc) is 2.34. The largest absolute Gasteiger partial charge is 0.435 e. The number of rotatable bonds is 4. The fraction of sp³-hybridized carbons (Fsp3) is 0.0769. The van der Waals surface area contributed by atoms with Gasteiger partial charge in [0.05, 0.1) is 10.7 Å². The van der Waals surface area contributed by atoms with Crippen LogP contribution in [0.3, 0.4) is 0 Å². The van der Waals surface area contributed by atoms with E-state index in [0.717, 1.165) is 0 Å². The van der Waals surface area contributed by atoms with Crippen LogP contribution in [0.4, 0.5) is 25.8 Å². The van der Waals surface area contributed by atoms with Gasteiger partial charge in [-0.05, 0) is 42.5 Å². The molecule has 3 nitrogen and oxygen atoms in total. The van der Waals surface area contributed by atoms with Gasteiger partial charge in [-0.25, -0.2) is 0 Å². The van der Waals surface area contributed by atoms with Crippen LogP contribution in [-0.4, -0.2) is 6.61 Å². The van der Waals surface area contributed by atoms with Gasteiger partial charge >= 0.3 is 6.61 Å². The Kier molecular flexibility index (Phi) is 4.06. The van der Waals surface area contributed by atoms with Gasteiger partial charge in [0.25, 0.3) is 0 Å². The van der Waals surface area contributed by atoms with Crippen molar-refractivity contribution in [3.05, 3.63) is 47.5 Å². The molecule has 0 aliphatic carbocycles. The molecular formula is C13H11ClF2N2O. The molecule has 0 spiro atoms. The molecular weight excluding hydrogens is 274 g/mol. The number of nitrogens with two attached hydrogens (primary N) is 1. The van der Waals surface area contributed by atoms with E-state index >= 15 is 0 Å². The fourth-order valence-corrected chi connectivity index (χ4v) is 1.74. The van der Waals surface area contributed by atoms with Gasteiger partial charge in [0.15, 0.2) is 0 Å². The molecule has 0 heterocycles. The van der Waals surface area contributed by atoms with Crippen LogP contribution in [0.5, 0.6) is 5.75 Å². The predicted octanol–water partition coefficient (Wildman–Crippen LogP) is 4.27. The smallest absolute Gasteiger partial charge is 0.387 e. The quantitative estimate of drug-likeness (QED) is 0.824. The maximum Gasteiger partial charge on any atom is 0.387 e. The molecule has 0 bridgehead atoms. The lowest BCUT2D eigenvalue weighted by Crippen LogP contribution is -2.01. The van der Waals surface area contributed by atoms with Crippen molar-refractivity contribution in [2.24, 2.45) is 0 Å². The third-order valence-corrected chi connectivity index (χ3v) is 2.66. The van der Waals surface area contributed by atoms with Gasteiger partial charge in [0, 0.05) is 11.4 Å². The molecule has 0 aromatic heterocycles. The Hall–Kier alpha value is -2.01. The molecule has 19 heavy (non-hydrogen) atoms. The van der Waals surface area contributed by atoms with Gasteiger partial charge in [0.2, 0.25) is 0 Å². The second-order valence-electron chi connectivity index (χ2n) is 3.77. The second-order valence-corrected chi connectivity index (χ2v) is 4.17. The zero-order valence-corrected chi connectivity index (χ0v) is 10.5. The number of halogens is 3. The molecule has 2 rings (SSSR count). The molecule has 0 atom stereocenters. The van der Waals surface area contributed by atoms with Crippen LogP contribution in [-0.2, 0) is 0 Å². The van der Waals surface area contributed by atoms with Crippen LogP contribution >= 0.6 is 11.6 Å². The topological polar surface area (TPSA) is 47.3 Å². The number of ether oxygens (including phenoxy) is 1. The van der Waals surface area contributed by atoms with Gasteiger partial charge < -0.3 is 15.8 Å². The van der Waals surface area contributed by atoms with Crippen molar-refractivity contribution in [2.45, 2.75) is 6.61 Å². The van der Waals surface area contributed by atoms with E-state index < -0.39 is 6.61 Å². The van der Waals surface area contributed by atoms with Crippen LogP contribution in [0, 0.1) is 0 Å². The summed E-state index contributed by atoms with van der Waals surface area (Å²) in [6.45, 7) is -2.83. The first kappa shape index (κ1) is 13.4. The molecule has 0 aliphatic heterocycles. The Morgan fingerprint density at radius 1 is 1.11 bits per heavy atom. The van der Waals surface area contributed by atoms with Crippen molar-refractivity contribution in [2.75, 3.05) is 11.1 Å². The zero-order chi connectivity index (χ0) is 13.8. The highest BCUT2D eigenvalue weighted by Gasteiger charge is 2.05. The Morgan fingerprint density at radius 2 is 1.79 bits per heavy atom. The Bertz CT molecular complexity index is 561. The van der Waals surface area contributed by atoms with Gasteiger partial charge in [-0.15, -0.1) is 0 Å². The van der Waals surface area contributed by atoms with Crippen LogP contribution in [0.1, 0.15) is 0 Å². The van der Waals surface area contributed by atoms with E-state index in [2.05, 4.69) is 10.1 Å². The normalized spacial score (nSPS) is 10.5. The summed E-state index contributed by atoms with van der Waals surface area (Å²) in [5, 5.41) is 3.53. The Labute approximate surface area is 113 Å². The van der Waals surface area contributed by atoms with Crippen LogP contribution in [0.25, 0.3) is 0 Å². The molecule has 0 aliphatic rings. The second kappa shape index (κ2) is 5.75. The molecule has 2 aromatic rings. The zero-order valence-electron chi connectivity index (χ0n) is 9.74. The summed E-state index contributed by atoms with van der Waals surface area (Å²) in [5.74, 6) is 0.101. The minimum absolute atomic E-state index is 0.101. The summed E-state index contributed by atoms with van der Waals surface area (Å²) in [6.07, 6.45) is 0. The summed E-state index contributed by atoms with van der Waals surface area (Å²) >= 11 is 6.01. The molecule has 0 radical (unpaired) electrons. The third-order valence-electron chi connectivity index (χ3n) is 2.35. The highest BCUT2D eigenvalue weighted by molar-refractivity contribution is 6.33. The van der Waals surface area contributed by atoms with E-state index in [0.29, 0.717) is 22.1 Å². The number of benzene rings is 2. The third kappa shape index (κ3) is 3.72. The Morgan fingerprint density at radius 3 is 2.37 bits per heavy atom. The van der Waals surface area contributed by atoms with Gasteiger partial charge in [0.1, 0.15) is 5.75 Å². The van der Waals surface area contributed by atoms with Gasteiger partial charge in [-0.1, -0.05) is 11.6 Å². The number of alkyl halides is 2. The number of anilines is 3. The maximum atomic E-state index is 12.0. The molecule has 0 fully saturated rings. The summed E-state index contributed by atoms with van der Waals surface area (Å²) in [6, 6.07) is 11.2. The minimum atomic E-state index is -2.83. The fourth-order valence-electron chi connectivity index (χ4n) is 1.51. The number of nitrogen functional groups attached to an aromatic ring is 1. The van der Waals surface area contributed by atoms with Crippen molar-refractivity contribution in [3.63, 3.8) is 0 Å². The first-order valence-electron chi connectivity index (χ1n) is 5.41.